The van der Waals surface area contributed by atoms with Gasteiger partial charge in [-0.05, 0) is 19.4 Å². The summed E-state index contributed by atoms with van der Waals surface area (Å²) in [6.45, 7) is 0.947. The first-order chi connectivity index (χ1) is 11.9. The molecule has 3 N–H and O–H groups in total. The molecule has 0 unspecified atom stereocenters. The minimum atomic E-state index is -5.05. The monoisotopic (exact) mass is 402 g/mol. The Morgan fingerprint density at radius 1 is 0.926 bits per heavy atom. The first-order valence-corrected chi connectivity index (χ1v) is 7.28. The van der Waals surface area contributed by atoms with E-state index < -0.39 is 35.2 Å². The fourth-order valence-corrected chi connectivity index (χ4v) is 1.17. The van der Waals surface area contributed by atoms with Crippen LogP contribution in [0.15, 0.2) is 30.3 Å². The number of hydrogen-bond acceptors (Lipinski definition) is 5. The molecule has 0 aliphatic rings. The molecule has 0 spiro atoms. The van der Waals surface area contributed by atoms with Gasteiger partial charge < -0.3 is 20.1 Å². The van der Waals surface area contributed by atoms with Crippen molar-refractivity contribution in [2.24, 2.45) is 0 Å². The van der Waals surface area contributed by atoms with Gasteiger partial charge in [0.05, 0.1) is 0 Å². The smallest absolute Gasteiger partial charge is 0.427 e. The molecule has 0 bridgehead atoms. The number of halogens is 5. The summed E-state index contributed by atoms with van der Waals surface area (Å²) >= 11 is 0. The number of rotatable bonds is 5. The molecule has 1 rings (SSSR count). The molecule has 0 amide bonds. The molecule has 1 aromatic rings. The van der Waals surface area contributed by atoms with Crippen molar-refractivity contribution in [3.05, 3.63) is 35.9 Å². The Bertz CT molecular complexity index is 635. The average molecular weight is 402 g/mol. The topological polar surface area (TPSA) is 104 Å². The number of hydrogen-bond donors (Lipinski definition) is 3. The second kappa shape index (κ2) is 8.61. The lowest BCUT2D eigenvalue weighted by Crippen LogP contribution is -2.50. The van der Waals surface area contributed by atoms with Crippen LogP contribution in [0.2, 0.25) is 0 Å². The lowest BCUT2D eigenvalue weighted by Gasteiger charge is -2.24. The zero-order chi connectivity index (χ0) is 21.7. The van der Waals surface area contributed by atoms with Crippen molar-refractivity contribution in [1.29, 1.82) is 0 Å². The van der Waals surface area contributed by atoms with Crippen molar-refractivity contribution in [2.45, 2.75) is 50.7 Å². The Hall–Kier alpha value is -2.27. The maximum Gasteiger partial charge on any atom is 0.427 e. The molecule has 0 fully saturated rings. The van der Waals surface area contributed by atoms with Gasteiger partial charge in [0, 0.05) is 6.92 Å². The highest BCUT2D eigenvalue weighted by Gasteiger charge is 2.57. The number of carboxylic acid groups (broad SMARTS) is 1. The number of carbonyl (C=O) groups excluding carboxylic acids is 1. The van der Waals surface area contributed by atoms with E-state index in [9.17, 15) is 31.5 Å². The van der Waals surface area contributed by atoms with E-state index in [1.54, 1.807) is 30.3 Å². The highest BCUT2D eigenvalue weighted by molar-refractivity contribution is 5.79. The van der Waals surface area contributed by atoms with E-state index in [1.165, 1.54) is 0 Å². The summed E-state index contributed by atoms with van der Waals surface area (Å²) in [6, 6.07) is 8.22. The number of aliphatic hydroxyl groups is 2. The van der Waals surface area contributed by atoms with Gasteiger partial charge in [-0.15, -0.1) is 0 Å². The van der Waals surface area contributed by atoms with Crippen LogP contribution in [0.25, 0.3) is 0 Å². The Morgan fingerprint density at radius 3 is 1.67 bits per heavy atom. The number of benzene rings is 1. The molecule has 0 aliphatic carbocycles. The van der Waals surface area contributed by atoms with Gasteiger partial charge >= 0.3 is 18.1 Å². The molecular weight excluding hydrogens is 383 g/mol. The van der Waals surface area contributed by atoms with Crippen LogP contribution >= 0.6 is 0 Å². The number of carbonyl (C=O) groups is 2. The summed E-state index contributed by atoms with van der Waals surface area (Å²) in [5, 5.41) is 25.6. The fourth-order valence-electron chi connectivity index (χ4n) is 1.17. The van der Waals surface area contributed by atoms with Gasteiger partial charge in [-0.25, -0.2) is 18.4 Å². The SMILES string of the molecule is CC(F)(F)[C@](C)(O)C(=O)O.C[C@@](O)(C(=O)OCc1ccccc1)C(F)(F)F. The molecule has 154 valence electrons. The zero-order valence-corrected chi connectivity index (χ0v) is 14.6. The molecule has 0 saturated heterocycles. The largest absolute Gasteiger partial charge is 0.479 e. The number of ether oxygens (including phenoxy) is 1. The second-order valence-electron chi connectivity index (χ2n) is 5.90. The highest BCUT2D eigenvalue weighted by atomic mass is 19.4. The van der Waals surface area contributed by atoms with Crippen LogP contribution in [-0.4, -0.2) is 50.6 Å². The predicted molar refractivity (Wildman–Crippen MR) is 81.8 cm³/mol. The molecule has 27 heavy (non-hydrogen) atoms. The van der Waals surface area contributed by atoms with E-state index >= 15 is 0 Å². The van der Waals surface area contributed by atoms with Crippen LogP contribution in [0, 0.1) is 0 Å². The fraction of sp³-hybridized carbons (Fsp3) is 0.500. The minimum Gasteiger partial charge on any atom is -0.479 e. The molecular formula is C16H19F5O6. The molecule has 0 saturated carbocycles. The van der Waals surface area contributed by atoms with Crippen LogP contribution in [0.3, 0.4) is 0 Å². The summed E-state index contributed by atoms with van der Waals surface area (Å²) in [5.74, 6) is -7.27. The van der Waals surface area contributed by atoms with Crippen LogP contribution < -0.4 is 0 Å². The van der Waals surface area contributed by atoms with E-state index in [0.29, 0.717) is 26.3 Å². The van der Waals surface area contributed by atoms with Crippen molar-refractivity contribution in [1.82, 2.24) is 0 Å². The van der Waals surface area contributed by atoms with Crippen molar-refractivity contribution >= 4 is 11.9 Å². The number of alkyl halides is 5. The molecule has 1 aromatic carbocycles. The third-order valence-electron chi connectivity index (χ3n) is 3.43. The Labute approximate surface area is 151 Å². The first-order valence-electron chi connectivity index (χ1n) is 7.28. The van der Waals surface area contributed by atoms with Gasteiger partial charge in [0.25, 0.3) is 11.5 Å². The van der Waals surface area contributed by atoms with Crippen molar-refractivity contribution < 1.29 is 51.6 Å². The van der Waals surface area contributed by atoms with Gasteiger partial charge in [0.15, 0.2) is 0 Å². The number of carboxylic acids is 1. The van der Waals surface area contributed by atoms with Gasteiger partial charge in [-0.1, -0.05) is 30.3 Å². The lowest BCUT2D eigenvalue weighted by molar-refractivity contribution is -0.257. The Balaban J connectivity index is 0.000000580. The third-order valence-corrected chi connectivity index (χ3v) is 3.43. The minimum absolute atomic E-state index is 0.314. The first kappa shape index (κ1) is 24.7. The summed E-state index contributed by atoms with van der Waals surface area (Å²) in [7, 11) is 0. The standard InChI is InChI=1S/C11H11F3O3.C5H8F2O3/c1-10(16,11(12,13)14)9(15)17-7-8-5-3-2-4-6-8;1-4(10,3(8)9)5(2,6)7/h2-6,16H,7H2,1H3;10H,1-2H3,(H,8,9)/t10-;4-/m11/s1. The summed E-state index contributed by atoms with van der Waals surface area (Å²) in [4.78, 5) is 21.0. The van der Waals surface area contributed by atoms with Gasteiger partial charge in [-0.2, -0.15) is 13.2 Å². The van der Waals surface area contributed by atoms with E-state index in [4.69, 9.17) is 15.3 Å². The van der Waals surface area contributed by atoms with Crippen LogP contribution in [-0.2, 0) is 20.9 Å². The Morgan fingerprint density at radius 2 is 1.37 bits per heavy atom. The van der Waals surface area contributed by atoms with E-state index in [1.807, 2.05) is 0 Å². The van der Waals surface area contributed by atoms with E-state index in [-0.39, 0.29) is 6.61 Å². The lowest BCUT2D eigenvalue weighted by atomic mass is 10.0. The van der Waals surface area contributed by atoms with E-state index in [2.05, 4.69) is 4.74 Å². The average Bonchev–Trinajstić information content (AvgIpc) is 2.51. The highest BCUT2D eigenvalue weighted by Crippen LogP contribution is 2.31. The van der Waals surface area contributed by atoms with Crippen molar-refractivity contribution in [2.75, 3.05) is 0 Å². The normalized spacial score (nSPS) is 16.2. The molecule has 0 aromatic heterocycles. The molecule has 6 nitrogen and oxygen atoms in total. The second-order valence-corrected chi connectivity index (χ2v) is 5.90. The van der Waals surface area contributed by atoms with Gasteiger partial charge in [0.2, 0.25) is 5.60 Å². The van der Waals surface area contributed by atoms with Crippen LogP contribution in [0.5, 0.6) is 0 Å². The molecule has 0 radical (unpaired) electrons. The number of aliphatic carboxylic acids is 1. The van der Waals surface area contributed by atoms with Gasteiger partial charge in [-0.3, -0.25) is 0 Å². The summed E-state index contributed by atoms with van der Waals surface area (Å²) in [5.41, 5.74) is -5.92. The molecule has 0 heterocycles. The molecule has 11 heteroatoms. The summed E-state index contributed by atoms with van der Waals surface area (Å²) in [6.07, 6.45) is -5.05. The number of esters is 1. The summed E-state index contributed by atoms with van der Waals surface area (Å²) < 4.78 is 65.4. The van der Waals surface area contributed by atoms with Gasteiger partial charge in [0.1, 0.15) is 6.61 Å². The maximum absolute atomic E-state index is 12.3. The van der Waals surface area contributed by atoms with Crippen molar-refractivity contribution in [3.8, 4) is 0 Å². The van der Waals surface area contributed by atoms with E-state index in [0.717, 1.165) is 0 Å². The zero-order valence-electron chi connectivity index (χ0n) is 14.6. The molecule has 2 atom stereocenters. The molecule has 0 aliphatic heterocycles. The maximum atomic E-state index is 12.3. The van der Waals surface area contributed by atoms with Crippen LogP contribution in [0.1, 0.15) is 26.3 Å². The quantitative estimate of drug-likeness (QED) is 0.517. The van der Waals surface area contributed by atoms with Crippen LogP contribution in [0.4, 0.5) is 22.0 Å². The third kappa shape index (κ3) is 6.75. The van der Waals surface area contributed by atoms with Crippen molar-refractivity contribution in [3.63, 3.8) is 0 Å². The predicted octanol–water partition coefficient (Wildman–Crippen LogP) is 2.52. The Kier molecular flexibility index (Phi) is 7.89.